The zero-order valence-electron chi connectivity index (χ0n) is 10.8. The average Bonchev–Trinajstić information content (AvgIpc) is 2.37. The second-order valence-corrected chi connectivity index (χ2v) is 6.76. The van der Waals surface area contributed by atoms with E-state index in [2.05, 4.69) is 6.07 Å². The predicted molar refractivity (Wildman–Crippen MR) is 71.8 cm³/mol. The van der Waals surface area contributed by atoms with Crippen LogP contribution in [0.1, 0.15) is 18.1 Å². The molecule has 4 nitrogen and oxygen atoms in total. The number of benzene rings is 1. The summed E-state index contributed by atoms with van der Waals surface area (Å²) >= 11 is 0. The molecule has 0 fully saturated rings. The normalized spacial score (nSPS) is 11.4. The van der Waals surface area contributed by atoms with Gasteiger partial charge in [-0.1, -0.05) is 19.1 Å². The van der Waals surface area contributed by atoms with Crippen molar-refractivity contribution in [2.75, 3.05) is 25.1 Å². The lowest BCUT2D eigenvalue weighted by Gasteiger charge is -2.16. The van der Waals surface area contributed by atoms with Crippen molar-refractivity contribution in [2.45, 2.75) is 13.5 Å². The second kappa shape index (κ2) is 6.53. The molecular formula is C13H18N2O2S. The van der Waals surface area contributed by atoms with E-state index in [-0.39, 0.29) is 11.5 Å². The number of sulfone groups is 1. The van der Waals surface area contributed by atoms with Gasteiger partial charge in [0.25, 0.3) is 0 Å². The number of hydrogen-bond acceptors (Lipinski definition) is 4. The van der Waals surface area contributed by atoms with Gasteiger partial charge in [-0.2, -0.15) is 5.26 Å². The fourth-order valence-corrected chi connectivity index (χ4v) is 2.45. The van der Waals surface area contributed by atoms with Gasteiger partial charge in [-0.25, -0.2) is 8.42 Å². The highest BCUT2D eigenvalue weighted by Gasteiger charge is 2.09. The van der Waals surface area contributed by atoms with Crippen molar-refractivity contribution >= 4 is 9.84 Å². The lowest BCUT2D eigenvalue weighted by Crippen LogP contribution is -2.26. The Bertz CT molecular complexity index is 532. The lowest BCUT2D eigenvalue weighted by molar-refractivity contribution is 0.346. The van der Waals surface area contributed by atoms with E-state index < -0.39 is 9.84 Å². The molecule has 0 aromatic heterocycles. The maximum Gasteiger partial charge on any atom is 0.151 e. The van der Waals surface area contributed by atoms with E-state index >= 15 is 0 Å². The Hall–Kier alpha value is -1.38. The van der Waals surface area contributed by atoms with Crippen molar-refractivity contribution in [2.24, 2.45) is 0 Å². The first kappa shape index (κ1) is 14.7. The van der Waals surface area contributed by atoms with Crippen LogP contribution in [0.4, 0.5) is 0 Å². The van der Waals surface area contributed by atoms with Gasteiger partial charge in [0.1, 0.15) is 0 Å². The van der Waals surface area contributed by atoms with E-state index in [1.54, 1.807) is 13.0 Å². The van der Waals surface area contributed by atoms with Crippen LogP contribution in [0, 0.1) is 11.3 Å². The predicted octanol–water partition coefficient (Wildman–Crippen LogP) is 1.42. The molecule has 0 aliphatic carbocycles. The molecule has 0 amide bonds. The first-order valence-electron chi connectivity index (χ1n) is 5.85. The summed E-state index contributed by atoms with van der Waals surface area (Å²) < 4.78 is 22.8. The zero-order chi connectivity index (χ0) is 13.6. The van der Waals surface area contributed by atoms with Gasteiger partial charge in [-0.05, 0) is 24.7 Å². The third-order valence-corrected chi connectivity index (χ3v) is 4.42. The van der Waals surface area contributed by atoms with Crippen molar-refractivity contribution in [3.8, 4) is 6.07 Å². The summed E-state index contributed by atoms with van der Waals surface area (Å²) in [5.74, 6) is 0.364. The van der Waals surface area contributed by atoms with E-state index in [1.165, 1.54) is 0 Å². The fourth-order valence-electron chi connectivity index (χ4n) is 1.57. The lowest BCUT2D eigenvalue weighted by atomic mass is 10.1. The average molecular weight is 266 g/mol. The quantitative estimate of drug-likeness (QED) is 0.781. The van der Waals surface area contributed by atoms with Crippen LogP contribution in [0.2, 0.25) is 0 Å². The van der Waals surface area contributed by atoms with Crippen molar-refractivity contribution in [3.05, 3.63) is 35.4 Å². The summed E-state index contributed by atoms with van der Waals surface area (Å²) in [5.41, 5.74) is 1.65. The molecule has 0 spiro atoms. The summed E-state index contributed by atoms with van der Waals surface area (Å²) in [6, 6.07) is 9.44. The van der Waals surface area contributed by atoms with Crippen LogP contribution in [0.15, 0.2) is 24.3 Å². The van der Waals surface area contributed by atoms with Gasteiger partial charge in [0, 0.05) is 18.8 Å². The zero-order valence-corrected chi connectivity index (χ0v) is 11.6. The number of rotatable bonds is 6. The second-order valence-electron chi connectivity index (χ2n) is 4.29. The van der Waals surface area contributed by atoms with Crippen molar-refractivity contribution in [3.63, 3.8) is 0 Å². The van der Waals surface area contributed by atoms with Crippen molar-refractivity contribution < 1.29 is 8.42 Å². The Balaban J connectivity index is 2.55. The molecule has 0 radical (unpaired) electrons. The van der Waals surface area contributed by atoms with Crippen LogP contribution in [-0.2, 0) is 16.4 Å². The molecule has 1 aromatic carbocycles. The smallest absolute Gasteiger partial charge is 0.151 e. The Labute approximate surface area is 109 Å². The largest absolute Gasteiger partial charge is 0.301 e. The Morgan fingerprint density at radius 3 is 2.72 bits per heavy atom. The highest BCUT2D eigenvalue weighted by Crippen LogP contribution is 2.07. The van der Waals surface area contributed by atoms with Gasteiger partial charge in [0.15, 0.2) is 9.84 Å². The first-order valence-corrected chi connectivity index (χ1v) is 7.67. The molecule has 0 aliphatic heterocycles. The number of nitrogens with zero attached hydrogens (tertiary/aromatic N) is 2. The maximum atomic E-state index is 11.4. The molecule has 5 heteroatoms. The minimum absolute atomic E-state index is 0.179. The van der Waals surface area contributed by atoms with Gasteiger partial charge in [-0.15, -0.1) is 0 Å². The van der Waals surface area contributed by atoms with Crippen molar-refractivity contribution in [1.29, 1.82) is 5.26 Å². The van der Waals surface area contributed by atoms with Gasteiger partial charge in [0.05, 0.1) is 17.4 Å². The van der Waals surface area contributed by atoms with Crippen LogP contribution >= 0.6 is 0 Å². The number of nitriles is 1. The van der Waals surface area contributed by atoms with Gasteiger partial charge >= 0.3 is 0 Å². The van der Waals surface area contributed by atoms with E-state index in [4.69, 9.17) is 5.26 Å². The van der Waals surface area contributed by atoms with Crippen LogP contribution in [0.25, 0.3) is 0 Å². The molecule has 0 heterocycles. The minimum Gasteiger partial charge on any atom is -0.301 e. The molecule has 1 rings (SSSR count). The fraction of sp³-hybridized carbons (Fsp3) is 0.462. The molecule has 0 N–H and O–H groups in total. The highest BCUT2D eigenvalue weighted by molar-refractivity contribution is 7.91. The third kappa shape index (κ3) is 4.86. The summed E-state index contributed by atoms with van der Waals surface area (Å²) in [7, 11) is -1.03. The molecule has 0 bridgehead atoms. The summed E-state index contributed by atoms with van der Waals surface area (Å²) in [5, 5.41) is 8.80. The van der Waals surface area contributed by atoms with E-state index in [9.17, 15) is 8.42 Å². The molecule has 0 aliphatic rings. The summed E-state index contributed by atoms with van der Waals surface area (Å²) in [4.78, 5) is 1.95. The third-order valence-electron chi connectivity index (χ3n) is 2.73. The summed E-state index contributed by atoms with van der Waals surface area (Å²) in [6.45, 7) is 2.81. The standard InChI is InChI=1S/C13H18N2O2S/c1-3-18(16,17)8-7-15(2)11-13-6-4-5-12(9-13)10-14/h4-6,9H,3,7-8,11H2,1-2H3. The van der Waals surface area contributed by atoms with Crippen LogP contribution in [-0.4, -0.2) is 38.4 Å². The van der Waals surface area contributed by atoms with Crippen LogP contribution in [0.5, 0.6) is 0 Å². The Kier molecular flexibility index (Phi) is 5.32. The van der Waals surface area contributed by atoms with E-state index in [0.717, 1.165) is 5.56 Å². The van der Waals surface area contributed by atoms with Crippen LogP contribution < -0.4 is 0 Å². The molecule has 98 valence electrons. The van der Waals surface area contributed by atoms with Gasteiger partial charge < -0.3 is 4.90 Å². The molecule has 0 atom stereocenters. The van der Waals surface area contributed by atoms with Gasteiger partial charge in [0.2, 0.25) is 0 Å². The summed E-state index contributed by atoms with van der Waals surface area (Å²) in [6.07, 6.45) is 0. The molecule has 0 saturated heterocycles. The Morgan fingerprint density at radius 2 is 2.11 bits per heavy atom. The maximum absolute atomic E-state index is 11.4. The molecular weight excluding hydrogens is 248 g/mol. The first-order chi connectivity index (χ1) is 8.46. The monoisotopic (exact) mass is 266 g/mol. The van der Waals surface area contributed by atoms with Crippen molar-refractivity contribution in [1.82, 2.24) is 4.90 Å². The van der Waals surface area contributed by atoms with E-state index in [0.29, 0.717) is 18.7 Å². The topological polar surface area (TPSA) is 61.2 Å². The van der Waals surface area contributed by atoms with Gasteiger partial charge in [-0.3, -0.25) is 0 Å². The number of hydrogen-bond donors (Lipinski definition) is 0. The highest BCUT2D eigenvalue weighted by atomic mass is 32.2. The Morgan fingerprint density at radius 1 is 1.39 bits per heavy atom. The van der Waals surface area contributed by atoms with Crippen LogP contribution in [0.3, 0.4) is 0 Å². The molecule has 0 saturated carbocycles. The van der Waals surface area contributed by atoms with E-state index in [1.807, 2.05) is 30.1 Å². The molecule has 0 unspecified atom stereocenters. The minimum atomic E-state index is -2.91. The molecule has 1 aromatic rings. The molecule has 18 heavy (non-hydrogen) atoms. The SMILES string of the molecule is CCS(=O)(=O)CCN(C)Cc1cccc(C#N)c1.